The van der Waals surface area contributed by atoms with E-state index in [0.717, 1.165) is 0 Å². The number of imide groups is 1. The quantitative estimate of drug-likeness (QED) is 0.604. The van der Waals surface area contributed by atoms with E-state index in [0.29, 0.717) is 46.5 Å². The molecule has 0 bridgehead atoms. The molecule has 118 valence electrons. The first-order valence-corrected chi connectivity index (χ1v) is 7.87. The third kappa shape index (κ3) is 3.05. The summed E-state index contributed by atoms with van der Waals surface area (Å²) in [5.41, 5.74) is 0.910. The number of halogens is 2. The maximum absolute atomic E-state index is 12.2. The van der Waals surface area contributed by atoms with Crippen molar-refractivity contribution in [3.8, 4) is 5.75 Å². The molecule has 23 heavy (non-hydrogen) atoms. The molecule has 2 aromatic carbocycles. The highest BCUT2D eigenvalue weighted by Crippen LogP contribution is 2.31. The van der Waals surface area contributed by atoms with E-state index in [-0.39, 0.29) is 11.8 Å². The van der Waals surface area contributed by atoms with Gasteiger partial charge in [0.15, 0.2) is 0 Å². The lowest BCUT2D eigenvalue weighted by atomic mass is 10.1. The zero-order chi connectivity index (χ0) is 16.4. The second-order valence-electron chi connectivity index (χ2n) is 5.06. The van der Waals surface area contributed by atoms with Gasteiger partial charge in [0.25, 0.3) is 11.8 Å². The standard InChI is InChI=1S/C17H13Cl2NO3/c18-13-7-3-8-14(15(13)19)23-10-4-9-20-16(21)11-5-1-2-6-12(11)17(20)22/h1-3,5-8H,4,9-10H2. The molecule has 4 nitrogen and oxygen atoms in total. The van der Waals surface area contributed by atoms with Crippen molar-refractivity contribution in [2.45, 2.75) is 6.42 Å². The lowest BCUT2D eigenvalue weighted by Crippen LogP contribution is -2.31. The SMILES string of the molecule is O=C1c2ccccc2C(=O)N1CCCOc1cccc(Cl)c1Cl. The molecule has 0 N–H and O–H groups in total. The summed E-state index contributed by atoms with van der Waals surface area (Å²) in [6.45, 7) is 0.623. The van der Waals surface area contributed by atoms with Gasteiger partial charge in [-0.3, -0.25) is 14.5 Å². The summed E-state index contributed by atoms with van der Waals surface area (Å²) >= 11 is 11.9. The van der Waals surface area contributed by atoms with Crippen LogP contribution < -0.4 is 4.74 Å². The Labute approximate surface area is 143 Å². The molecular formula is C17H13Cl2NO3. The van der Waals surface area contributed by atoms with Gasteiger partial charge in [0.05, 0.1) is 22.8 Å². The Morgan fingerprint density at radius 1 is 0.913 bits per heavy atom. The van der Waals surface area contributed by atoms with Crippen LogP contribution in [0.4, 0.5) is 0 Å². The minimum atomic E-state index is -0.258. The van der Waals surface area contributed by atoms with E-state index in [2.05, 4.69) is 0 Å². The van der Waals surface area contributed by atoms with Gasteiger partial charge in [-0.15, -0.1) is 0 Å². The fraction of sp³-hybridized carbons (Fsp3) is 0.176. The van der Waals surface area contributed by atoms with Gasteiger partial charge in [-0.25, -0.2) is 0 Å². The van der Waals surface area contributed by atoms with Gasteiger partial charge in [0, 0.05) is 6.54 Å². The van der Waals surface area contributed by atoms with Crippen molar-refractivity contribution in [3.63, 3.8) is 0 Å². The van der Waals surface area contributed by atoms with E-state index in [1.165, 1.54) is 4.90 Å². The van der Waals surface area contributed by atoms with Gasteiger partial charge >= 0.3 is 0 Å². The van der Waals surface area contributed by atoms with E-state index in [1.54, 1.807) is 42.5 Å². The highest BCUT2D eigenvalue weighted by Gasteiger charge is 2.34. The zero-order valence-corrected chi connectivity index (χ0v) is 13.6. The molecule has 0 saturated heterocycles. The van der Waals surface area contributed by atoms with E-state index in [4.69, 9.17) is 27.9 Å². The van der Waals surface area contributed by atoms with Crippen molar-refractivity contribution in [2.75, 3.05) is 13.2 Å². The predicted molar refractivity (Wildman–Crippen MR) is 88.4 cm³/mol. The summed E-state index contributed by atoms with van der Waals surface area (Å²) in [6, 6.07) is 12.0. The summed E-state index contributed by atoms with van der Waals surface area (Å²) in [5, 5.41) is 0.777. The summed E-state index contributed by atoms with van der Waals surface area (Å²) in [5.74, 6) is -0.0284. The van der Waals surface area contributed by atoms with Crippen LogP contribution in [0.1, 0.15) is 27.1 Å². The Balaban J connectivity index is 1.57. The predicted octanol–water partition coefficient (Wildman–Crippen LogP) is 4.06. The molecule has 0 aromatic heterocycles. The molecule has 0 radical (unpaired) electrons. The number of fused-ring (bicyclic) bond motifs is 1. The molecule has 0 saturated carbocycles. The number of hydrogen-bond acceptors (Lipinski definition) is 3. The molecule has 0 atom stereocenters. The van der Waals surface area contributed by atoms with Gasteiger partial charge in [0.1, 0.15) is 10.8 Å². The van der Waals surface area contributed by atoms with Crippen LogP contribution in [0.25, 0.3) is 0 Å². The topological polar surface area (TPSA) is 46.6 Å². The van der Waals surface area contributed by atoms with Crippen molar-refractivity contribution in [1.82, 2.24) is 4.90 Å². The Kier molecular flexibility index (Phi) is 4.55. The molecule has 2 amide bonds. The van der Waals surface area contributed by atoms with Crippen LogP contribution in [0.15, 0.2) is 42.5 Å². The van der Waals surface area contributed by atoms with Gasteiger partial charge < -0.3 is 4.74 Å². The van der Waals surface area contributed by atoms with Gasteiger partial charge in [-0.2, -0.15) is 0 Å². The van der Waals surface area contributed by atoms with Crippen LogP contribution in [-0.4, -0.2) is 29.9 Å². The number of benzene rings is 2. The van der Waals surface area contributed by atoms with E-state index in [9.17, 15) is 9.59 Å². The molecule has 1 aliphatic heterocycles. The lowest BCUT2D eigenvalue weighted by Gasteiger charge is -2.14. The number of carbonyl (C=O) groups excluding carboxylic acids is 2. The van der Waals surface area contributed by atoms with Crippen LogP contribution in [0.2, 0.25) is 10.0 Å². The minimum absolute atomic E-state index is 0.258. The monoisotopic (exact) mass is 349 g/mol. The first-order valence-electron chi connectivity index (χ1n) is 7.11. The van der Waals surface area contributed by atoms with Crippen molar-refractivity contribution in [1.29, 1.82) is 0 Å². The highest BCUT2D eigenvalue weighted by atomic mass is 35.5. The maximum Gasteiger partial charge on any atom is 0.261 e. The van der Waals surface area contributed by atoms with Gasteiger partial charge in [0.2, 0.25) is 0 Å². The van der Waals surface area contributed by atoms with Crippen LogP contribution >= 0.6 is 23.2 Å². The normalized spacial score (nSPS) is 13.4. The van der Waals surface area contributed by atoms with Gasteiger partial charge in [-0.1, -0.05) is 41.4 Å². The smallest absolute Gasteiger partial charge is 0.261 e. The largest absolute Gasteiger partial charge is 0.492 e. The summed E-state index contributed by atoms with van der Waals surface area (Å²) < 4.78 is 5.56. The Morgan fingerprint density at radius 2 is 1.57 bits per heavy atom. The second kappa shape index (κ2) is 6.60. The molecular weight excluding hydrogens is 337 g/mol. The third-order valence-electron chi connectivity index (χ3n) is 3.58. The summed E-state index contributed by atoms with van der Waals surface area (Å²) in [7, 11) is 0. The molecule has 0 aliphatic carbocycles. The zero-order valence-electron chi connectivity index (χ0n) is 12.1. The fourth-order valence-electron chi connectivity index (χ4n) is 2.44. The number of nitrogens with zero attached hydrogens (tertiary/aromatic N) is 1. The highest BCUT2D eigenvalue weighted by molar-refractivity contribution is 6.42. The van der Waals surface area contributed by atoms with Crippen molar-refractivity contribution in [3.05, 3.63) is 63.6 Å². The molecule has 1 aliphatic rings. The van der Waals surface area contributed by atoms with Crippen LogP contribution in [-0.2, 0) is 0 Å². The first kappa shape index (κ1) is 15.8. The van der Waals surface area contributed by atoms with E-state index >= 15 is 0 Å². The average Bonchev–Trinajstić information content (AvgIpc) is 2.80. The fourth-order valence-corrected chi connectivity index (χ4v) is 2.79. The summed E-state index contributed by atoms with van der Waals surface area (Å²) in [4.78, 5) is 25.6. The number of carbonyl (C=O) groups is 2. The lowest BCUT2D eigenvalue weighted by molar-refractivity contribution is 0.0647. The molecule has 6 heteroatoms. The molecule has 2 aromatic rings. The molecule has 0 spiro atoms. The van der Waals surface area contributed by atoms with Crippen molar-refractivity contribution in [2.24, 2.45) is 0 Å². The number of hydrogen-bond donors (Lipinski definition) is 0. The number of ether oxygens (including phenoxy) is 1. The molecule has 3 rings (SSSR count). The summed E-state index contributed by atoms with van der Waals surface area (Å²) in [6.07, 6.45) is 0.508. The van der Waals surface area contributed by atoms with Crippen LogP contribution in [0, 0.1) is 0 Å². The maximum atomic E-state index is 12.2. The Hall–Kier alpha value is -2.04. The first-order chi connectivity index (χ1) is 11.1. The molecule has 1 heterocycles. The Bertz CT molecular complexity index is 741. The average molecular weight is 350 g/mol. The molecule has 0 unspecified atom stereocenters. The third-order valence-corrected chi connectivity index (χ3v) is 4.38. The number of rotatable bonds is 5. The van der Waals surface area contributed by atoms with Crippen LogP contribution in [0.3, 0.4) is 0 Å². The Morgan fingerprint density at radius 3 is 2.22 bits per heavy atom. The second-order valence-corrected chi connectivity index (χ2v) is 5.85. The van der Waals surface area contributed by atoms with Crippen molar-refractivity contribution < 1.29 is 14.3 Å². The number of amides is 2. The van der Waals surface area contributed by atoms with E-state index in [1.807, 2.05) is 0 Å². The van der Waals surface area contributed by atoms with Crippen molar-refractivity contribution >= 4 is 35.0 Å². The minimum Gasteiger partial charge on any atom is -0.492 e. The van der Waals surface area contributed by atoms with E-state index < -0.39 is 0 Å². The van der Waals surface area contributed by atoms with Crippen LogP contribution in [0.5, 0.6) is 5.75 Å². The molecule has 0 fully saturated rings. The van der Waals surface area contributed by atoms with Gasteiger partial charge in [-0.05, 0) is 30.7 Å².